The van der Waals surface area contributed by atoms with Gasteiger partial charge in [0.05, 0.1) is 10.1 Å². The number of hydrogen-bond donors (Lipinski definition) is 1. The van der Waals surface area contributed by atoms with E-state index in [1.807, 2.05) is 0 Å². The molecule has 174 valence electrons. The van der Waals surface area contributed by atoms with Crippen molar-refractivity contribution >= 4 is 31.5 Å². The minimum atomic E-state index is -4.18. The van der Waals surface area contributed by atoms with Crippen LogP contribution in [0.2, 0.25) is 5.02 Å². The van der Waals surface area contributed by atoms with Gasteiger partial charge in [-0.15, -0.1) is 0 Å². The number of nitrogens with one attached hydrogen (secondary N) is 1. The summed E-state index contributed by atoms with van der Waals surface area (Å²) in [7, 11) is -7.68. The van der Waals surface area contributed by atoms with Gasteiger partial charge < -0.3 is 0 Å². The van der Waals surface area contributed by atoms with E-state index in [-0.39, 0.29) is 42.1 Å². The second-order valence-electron chi connectivity index (χ2n) is 8.61. The fraction of sp³-hybridized carbons (Fsp3) is 0.455. The van der Waals surface area contributed by atoms with E-state index < -0.39 is 47.5 Å². The largest absolute Gasteiger partial charge is 0.223 e. The zero-order valence-electron chi connectivity index (χ0n) is 17.4. The van der Waals surface area contributed by atoms with Gasteiger partial charge >= 0.3 is 0 Å². The lowest BCUT2D eigenvalue weighted by molar-refractivity contribution is 0.206. The Kier molecular flexibility index (Phi) is 6.15. The Bertz CT molecular complexity index is 1240. The third-order valence-electron chi connectivity index (χ3n) is 6.85. The van der Waals surface area contributed by atoms with Gasteiger partial charge in [-0.05, 0) is 80.5 Å². The first-order valence-electron chi connectivity index (χ1n) is 10.5. The van der Waals surface area contributed by atoms with Crippen LogP contribution in [-0.2, 0) is 24.6 Å². The Morgan fingerprint density at radius 3 is 2.50 bits per heavy atom. The Balaban J connectivity index is 1.87. The molecule has 2 fully saturated rings. The lowest BCUT2D eigenvalue weighted by Gasteiger charge is -2.47. The van der Waals surface area contributed by atoms with Crippen molar-refractivity contribution in [3.8, 4) is 0 Å². The molecular weight excluding hydrogens is 480 g/mol. The van der Waals surface area contributed by atoms with E-state index in [1.165, 1.54) is 24.3 Å². The fourth-order valence-corrected chi connectivity index (χ4v) is 9.37. The van der Waals surface area contributed by atoms with Crippen molar-refractivity contribution in [1.29, 1.82) is 0 Å². The predicted octanol–water partition coefficient (Wildman–Crippen LogP) is 4.56. The molecule has 4 rings (SSSR count). The summed E-state index contributed by atoms with van der Waals surface area (Å²) in [6.45, 7) is 1.76. The molecule has 1 saturated carbocycles. The Morgan fingerprint density at radius 2 is 1.84 bits per heavy atom. The van der Waals surface area contributed by atoms with E-state index in [0.717, 1.165) is 18.2 Å². The highest BCUT2D eigenvalue weighted by Gasteiger charge is 2.55. The fourth-order valence-electron chi connectivity index (χ4n) is 5.17. The van der Waals surface area contributed by atoms with Crippen LogP contribution in [0.1, 0.15) is 44.6 Å². The summed E-state index contributed by atoms with van der Waals surface area (Å²) in [4.78, 5) is -0.0348. The topological polar surface area (TPSA) is 80.3 Å². The van der Waals surface area contributed by atoms with Gasteiger partial charge in [0.1, 0.15) is 16.4 Å². The highest BCUT2D eigenvalue weighted by Crippen LogP contribution is 2.52. The summed E-state index contributed by atoms with van der Waals surface area (Å²) in [5.41, 5.74) is -0.215. The Hall–Kier alpha value is -1.55. The molecule has 1 aliphatic carbocycles. The Labute approximate surface area is 192 Å². The quantitative estimate of drug-likeness (QED) is 0.663. The van der Waals surface area contributed by atoms with E-state index in [4.69, 9.17) is 11.6 Å². The standard InChI is InChI=1S/C22H24ClF2NO4S2/c1-2-17-11-14-13-22(10-9-21(14)26-32(17,29)30,19-12-16(24)5-8-20(19)25)31(27,28)18-6-3-15(23)4-7-18/h3-8,12,14,17,21,26H,2,9-11,13H2,1H3/t14-,17?,21+,22-/m1/s1. The maximum Gasteiger partial charge on any atom is 0.214 e. The molecule has 0 amide bonds. The third-order valence-corrected chi connectivity index (χ3v) is 11.7. The predicted molar refractivity (Wildman–Crippen MR) is 119 cm³/mol. The van der Waals surface area contributed by atoms with Crippen LogP contribution in [0.3, 0.4) is 0 Å². The van der Waals surface area contributed by atoms with Gasteiger partial charge in [-0.2, -0.15) is 0 Å². The first kappa shape index (κ1) is 23.6. The van der Waals surface area contributed by atoms with Crippen molar-refractivity contribution in [1.82, 2.24) is 4.72 Å². The van der Waals surface area contributed by atoms with Gasteiger partial charge in [0.25, 0.3) is 0 Å². The van der Waals surface area contributed by atoms with Crippen molar-refractivity contribution < 1.29 is 25.6 Å². The van der Waals surface area contributed by atoms with E-state index in [2.05, 4.69) is 4.72 Å². The second kappa shape index (κ2) is 8.34. The van der Waals surface area contributed by atoms with Gasteiger partial charge in [-0.3, -0.25) is 0 Å². The summed E-state index contributed by atoms with van der Waals surface area (Å²) in [5.74, 6) is -1.86. The van der Waals surface area contributed by atoms with Crippen molar-refractivity contribution in [3.63, 3.8) is 0 Å². The molecule has 2 aromatic rings. The molecule has 0 bridgehead atoms. The molecule has 5 nitrogen and oxygen atoms in total. The molecule has 0 radical (unpaired) electrons. The van der Waals surface area contributed by atoms with E-state index in [1.54, 1.807) is 6.92 Å². The van der Waals surface area contributed by atoms with Crippen LogP contribution < -0.4 is 4.72 Å². The number of hydrogen-bond acceptors (Lipinski definition) is 4. The van der Waals surface area contributed by atoms with Crippen LogP contribution >= 0.6 is 11.6 Å². The number of rotatable bonds is 4. The summed E-state index contributed by atoms with van der Waals surface area (Å²) < 4.78 is 83.1. The lowest BCUT2D eigenvalue weighted by Crippen LogP contribution is -2.57. The second-order valence-corrected chi connectivity index (χ2v) is 13.3. The van der Waals surface area contributed by atoms with Gasteiger partial charge in [-0.25, -0.2) is 30.3 Å². The average molecular weight is 504 g/mol. The smallest absolute Gasteiger partial charge is 0.214 e. The SMILES string of the molecule is CCC1C[C@@H]2C[C@](c3cc(F)ccc3F)(S(=O)(=O)c3ccc(Cl)cc3)CC[C@@H]2NS1(=O)=O. The van der Waals surface area contributed by atoms with E-state index >= 15 is 4.39 Å². The van der Waals surface area contributed by atoms with E-state index in [9.17, 15) is 21.2 Å². The van der Waals surface area contributed by atoms with Gasteiger partial charge in [0.15, 0.2) is 9.84 Å². The van der Waals surface area contributed by atoms with Gasteiger partial charge in [-0.1, -0.05) is 18.5 Å². The molecule has 1 heterocycles. The minimum Gasteiger partial charge on any atom is -0.223 e. The Morgan fingerprint density at radius 1 is 1.16 bits per heavy atom. The summed E-state index contributed by atoms with van der Waals surface area (Å²) in [6.07, 6.45) is 0.791. The first-order valence-corrected chi connectivity index (χ1v) is 13.9. The highest BCUT2D eigenvalue weighted by molar-refractivity contribution is 7.92. The third kappa shape index (κ3) is 3.87. The van der Waals surface area contributed by atoms with Crippen LogP contribution in [0.25, 0.3) is 0 Å². The highest BCUT2D eigenvalue weighted by atomic mass is 35.5. The van der Waals surface area contributed by atoms with Gasteiger partial charge in [0, 0.05) is 16.6 Å². The van der Waals surface area contributed by atoms with Crippen molar-refractivity contribution in [3.05, 3.63) is 64.7 Å². The van der Waals surface area contributed by atoms with Crippen LogP contribution in [0, 0.1) is 17.6 Å². The number of halogens is 3. The summed E-state index contributed by atoms with van der Waals surface area (Å²) >= 11 is 5.93. The molecule has 4 atom stereocenters. The molecule has 2 aliphatic rings. The molecule has 32 heavy (non-hydrogen) atoms. The zero-order valence-corrected chi connectivity index (χ0v) is 19.8. The van der Waals surface area contributed by atoms with Crippen LogP contribution in [-0.4, -0.2) is 28.1 Å². The van der Waals surface area contributed by atoms with Crippen molar-refractivity contribution in [2.24, 2.45) is 5.92 Å². The zero-order chi connectivity index (χ0) is 23.3. The molecule has 10 heteroatoms. The molecule has 1 saturated heterocycles. The van der Waals surface area contributed by atoms with Crippen molar-refractivity contribution in [2.45, 2.75) is 60.0 Å². The van der Waals surface area contributed by atoms with Gasteiger partial charge in [0.2, 0.25) is 10.0 Å². The number of fused-ring (bicyclic) bond motifs is 1. The first-order chi connectivity index (χ1) is 15.0. The van der Waals surface area contributed by atoms with Crippen LogP contribution in [0.4, 0.5) is 8.78 Å². The van der Waals surface area contributed by atoms with Crippen molar-refractivity contribution in [2.75, 3.05) is 0 Å². The monoisotopic (exact) mass is 503 g/mol. The molecule has 1 aliphatic heterocycles. The molecule has 0 aromatic heterocycles. The normalized spacial score (nSPS) is 29.9. The molecular formula is C22H24ClF2NO4S2. The lowest BCUT2D eigenvalue weighted by atomic mass is 9.72. The van der Waals surface area contributed by atoms with Crippen LogP contribution in [0.15, 0.2) is 47.4 Å². The minimum absolute atomic E-state index is 0.0119. The average Bonchev–Trinajstić information content (AvgIpc) is 2.74. The molecule has 2 aromatic carbocycles. The van der Waals surface area contributed by atoms with Crippen LogP contribution in [0.5, 0.6) is 0 Å². The molecule has 1 unspecified atom stereocenters. The summed E-state index contributed by atoms with van der Waals surface area (Å²) in [5, 5.41) is -0.304. The maximum atomic E-state index is 15.0. The number of sulfonamides is 1. The molecule has 1 N–H and O–H groups in total. The maximum absolute atomic E-state index is 15.0. The number of benzene rings is 2. The summed E-state index contributed by atoms with van der Waals surface area (Å²) in [6, 6.07) is 8.02. The number of sulfone groups is 1. The van der Waals surface area contributed by atoms with E-state index in [0.29, 0.717) is 11.4 Å². The molecule has 0 spiro atoms.